The van der Waals surface area contributed by atoms with Gasteiger partial charge in [0.05, 0.1) is 22.4 Å². The summed E-state index contributed by atoms with van der Waals surface area (Å²) < 4.78 is 73.1. The van der Waals surface area contributed by atoms with Gasteiger partial charge in [0, 0.05) is 23.1 Å². The van der Waals surface area contributed by atoms with Crippen LogP contribution >= 0.6 is 34.8 Å². The van der Waals surface area contributed by atoms with E-state index >= 15 is 8.78 Å². The number of hydrogen-bond donors (Lipinski definition) is 1. The standard InChI is InChI=1S/C32H17Cl3F5N3O7/c33-18-9-13(44)5-6-15(18)20-14-7-8-16-19(28(46)41(27(16)45)11-1-3-12(4-2-11)43(49)50)17(14)10-31(34)29(47)42(30(48)32(20,31)35)26-24(39)22(37)21(36)23(38)25(26)40/h1-7,9,16-17,19-20,44H,8,10H2/t16-,17+,19-,20+,31+,32-/m0/s1. The minimum atomic E-state index is -2.79. The molecule has 18 heteroatoms. The highest BCUT2D eigenvalue weighted by atomic mass is 35.5. The number of imide groups is 2. The Morgan fingerprint density at radius 1 is 0.820 bits per heavy atom. The van der Waals surface area contributed by atoms with Gasteiger partial charge >= 0.3 is 0 Å². The predicted octanol–water partition coefficient (Wildman–Crippen LogP) is 6.42. The van der Waals surface area contributed by atoms with E-state index in [1.165, 1.54) is 24.3 Å². The maximum Gasteiger partial charge on any atom is 0.269 e. The number of nitro groups is 1. The molecule has 2 aliphatic carbocycles. The van der Waals surface area contributed by atoms with Crippen molar-refractivity contribution < 1.29 is 51.2 Å². The van der Waals surface area contributed by atoms with Crippen molar-refractivity contribution in [1.29, 1.82) is 0 Å². The topological polar surface area (TPSA) is 138 Å². The first-order valence-corrected chi connectivity index (χ1v) is 15.7. The number of fused-ring (bicyclic) bond motifs is 4. The number of carbonyl (C=O) groups excluding carboxylic acids is 4. The van der Waals surface area contributed by atoms with Crippen LogP contribution in [0, 0.1) is 57.0 Å². The molecule has 258 valence electrons. The molecule has 2 aliphatic heterocycles. The van der Waals surface area contributed by atoms with Crippen molar-refractivity contribution >= 4 is 75.5 Å². The molecule has 1 N–H and O–H groups in total. The fourth-order valence-corrected chi connectivity index (χ4v) is 8.85. The van der Waals surface area contributed by atoms with Gasteiger partial charge < -0.3 is 5.11 Å². The molecule has 4 aliphatic rings. The third-order valence-corrected chi connectivity index (χ3v) is 11.6. The second-order valence-electron chi connectivity index (χ2n) is 12.2. The number of aromatic hydroxyl groups is 1. The van der Waals surface area contributed by atoms with Crippen LogP contribution in [0.25, 0.3) is 0 Å². The molecule has 4 amide bonds. The van der Waals surface area contributed by atoms with Gasteiger partial charge in [0.25, 0.3) is 17.5 Å². The molecule has 10 nitrogen and oxygen atoms in total. The summed E-state index contributed by atoms with van der Waals surface area (Å²) in [5, 5.41) is 21.0. The van der Waals surface area contributed by atoms with Gasteiger partial charge in [-0.05, 0) is 48.6 Å². The monoisotopic (exact) mass is 755 g/mol. The van der Waals surface area contributed by atoms with Crippen molar-refractivity contribution in [3.63, 3.8) is 0 Å². The quantitative estimate of drug-likeness (QED) is 0.0474. The Hall–Kier alpha value is -4.60. The SMILES string of the molecule is O=C1[C@H]2[C@H](CC=C3[C@H]2C[C@@]2(Cl)C(=O)N(c4c(F)c(F)c(F)c(F)c4F)C(=O)[C@@]2(Cl)[C@H]3c2ccc(O)cc2Cl)C(=O)N1c1ccc([N+](=O)[O-])cc1. The lowest BCUT2D eigenvalue weighted by Gasteiger charge is -2.50. The lowest BCUT2D eigenvalue weighted by molar-refractivity contribution is -0.384. The molecule has 0 radical (unpaired) electrons. The van der Waals surface area contributed by atoms with E-state index in [-0.39, 0.29) is 44.6 Å². The van der Waals surface area contributed by atoms with E-state index in [1.807, 2.05) is 0 Å². The fraction of sp³-hybridized carbons (Fsp3) is 0.250. The number of alkyl halides is 2. The number of anilines is 2. The molecular weight excluding hydrogens is 740 g/mol. The van der Waals surface area contributed by atoms with Crippen molar-refractivity contribution in [1.82, 2.24) is 0 Å². The maximum absolute atomic E-state index is 15.2. The second-order valence-corrected chi connectivity index (χ2v) is 13.8. The smallest absolute Gasteiger partial charge is 0.269 e. The van der Waals surface area contributed by atoms with E-state index in [1.54, 1.807) is 0 Å². The number of allylic oxidation sites excluding steroid dienone is 2. The number of hydrogen-bond acceptors (Lipinski definition) is 7. The van der Waals surface area contributed by atoms with Gasteiger partial charge in [0.2, 0.25) is 17.6 Å². The minimum Gasteiger partial charge on any atom is -0.508 e. The number of nitro benzene ring substituents is 1. The van der Waals surface area contributed by atoms with Crippen LogP contribution < -0.4 is 9.80 Å². The number of nitrogens with zero attached hydrogens (tertiary/aromatic N) is 3. The van der Waals surface area contributed by atoms with Crippen LogP contribution in [0.15, 0.2) is 54.1 Å². The zero-order chi connectivity index (χ0) is 36.4. The Kier molecular flexibility index (Phi) is 7.59. The summed E-state index contributed by atoms with van der Waals surface area (Å²) in [5.41, 5.74) is -2.17. The average molecular weight is 757 g/mol. The number of benzene rings is 3. The zero-order valence-corrected chi connectivity index (χ0v) is 26.9. The summed E-state index contributed by atoms with van der Waals surface area (Å²) in [6.07, 6.45) is 0.604. The molecule has 0 unspecified atom stereocenters. The highest BCUT2D eigenvalue weighted by molar-refractivity contribution is 6.58. The van der Waals surface area contributed by atoms with Crippen LogP contribution in [0.1, 0.15) is 24.3 Å². The van der Waals surface area contributed by atoms with Crippen LogP contribution in [0.3, 0.4) is 0 Å². The molecule has 2 saturated heterocycles. The second kappa shape index (κ2) is 11.2. The molecule has 3 aromatic rings. The summed E-state index contributed by atoms with van der Waals surface area (Å²) in [6, 6.07) is 7.93. The largest absolute Gasteiger partial charge is 0.508 e. The Balaban J connectivity index is 1.41. The van der Waals surface area contributed by atoms with Gasteiger partial charge in [-0.25, -0.2) is 26.9 Å². The highest BCUT2D eigenvalue weighted by Crippen LogP contribution is 2.66. The van der Waals surface area contributed by atoms with Gasteiger partial charge in [-0.3, -0.25) is 34.2 Å². The summed E-state index contributed by atoms with van der Waals surface area (Å²) in [5.74, 6) is -22.9. The fourth-order valence-electron chi connectivity index (χ4n) is 7.64. The minimum absolute atomic E-state index is 0.00706. The van der Waals surface area contributed by atoms with Gasteiger partial charge in [-0.1, -0.05) is 29.3 Å². The zero-order valence-electron chi connectivity index (χ0n) is 24.6. The molecule has 3 aromatic carbocycles. The van der Waals surface area contributed by atoms with E-state index in [4.69, 9.17) is 34.8 Å². The normalized spacial score (nSPS) is 28.8. The van der Waals surface area contributed by atoms with E-state index in [0.717, 1.165) is 29.2 Å². The lowest BCUT2D eigenvalue weighted by Crippen LogP contribution is -2.60. The first-order valence-electron chi connectivity index (χ1n) is 14.6. The molecule has 7 rings (SSSR count). The molecule has 0 bridgehead atoms. The molecule has 1 saturated carbocycles. The lowest BCUT2D eigenvalue weighted by atomic mass is 9.56. The third kappa shape index (κ3) is 4.26. The predicted molar refractivity (Wildman–Crippen MR) is 165 cm³/mol. The van der Waals surface area contributed by atoms with Gasteiger partial charge in [-0.2, -0.15) is 0 Å². The molecule has 0 spiro atoms. The van der Waals surface area contributed by atoms with E-state index in [0.29, 0.717) is 0 Å². The molecule has 50 heavy (non-hydrogen) atoms. The van der Waals surface area contributed by atoms with Gasteiger partial charge in [-0.15, -0.1) is 23.2 Å². The van der Waals surface area contributed by atoms with Crippen molar-refractivity contribution in [2.45, 2.75) is 28.5 Å². The first-order chi connectivity index (χ1) is 23.5. The van der Waals surface area contributed by atoms with E-state index in [2.05, 4.69) is 0 Å². The van der Waals surface area contributed by atoms with Crippen LogP contribution in [0.4, 0.5) is 39.0 Å². The average Bonchev–Trinajstić information content (AvgIpc) is 3.41. The summed E-state index contributed by atoms with van der Waals surface area (Å²) in [6.45, 7) is 0. The molecule has 6 atom stereocenters. The van der Waals surface area contributed by atoms with Gasteiger partial charge in [0.15, 0.2) is 33.0 Å². The number of carbonyl (C=O) groups is 4. The maximum atomic E-state index is 15.2. The summed E-state index contributed by atoms with van der Waals surface area (Å²) >= 11 is 20.6. The number of non-ortho nitro benzene ring substituents is 1. The van der Waals surface area contributed by atoms with E-state index < -0.39 is 103 Å². The van der Waals surface area contributed by atoms with Crippen molar-refractivity contribution in [3.05, 3.63) is 104 Å². The Morgan fingerprint density at radius 2 is 1.42 bits per heavy atom. The van der Waals surface area contributed by atoms with Gasteiger partial charge in [0.1, 0.15) is 11.4 Å². The third-order valence-electron chi connectivity index (χ3n) is 9.84. The van der Waals surface area contributed by atoms with Crippen LogP contribution in [0.5, 0.6) is 5.75 Å². The Labute approximate surface area is 291 Å². The molecule has 2 heterocycles. The number of phenolic OH excluding ortho intramolecular Hbond substituents is 1. The highest BCUT2D eigenvalue weighted by Gasteiger charge is 2.77. The Morgan fingerprint density at radius 3 is 2.00 bits per heavy atom. The number of phenols is 1. The molecular formula is C32H17Cl3F5N3O7. The van der Waals surface area contributed by atoms with E-state index in [9.17, 15) is 47.6 Å². The van der Waals surface area contributed by atoms with Crippen LogP contribution in [-0.2, 0) is 19.2 Å². The summed E-state index contributed by atoms with van der Waals surface area (Å²) in [4.78, 5) is 61.7. The van der Waals surface area contributed by atoms with Crippen molar-refractivity contribution in [3.8, 4) is 5.75 Å². The number of halogens is 8. The summed E-state index contributed by atoms with van der Waals surface area (Å²) in [7, 11) is 0. The Bertz CT molecular complexity index is 2120. The molecule has 0 aromatic heterocycles. The number of rotatable bonds is 4. The first kappa shape index (κ1) is 33.9. The van der Waals surface area contributed by atoms with Crippen LogP contribution in [0.2, 0.25) is 5.02 Å². The van der Waals surface area contributed by atoms with Crippen molar-refractivity contribution in [2.75, 3.05) is 9.80 Å². The molecule has 3 fully saturated rings. The van der Waals surface area contributed by atoms with Crippen molar-refractivity contribution in [2.24, 2.45) is 17.8 Å². The number of amides is 4. The van der Waals surface area contributed by atoms with Crippen LogP contribution in [-0.4, -0.2) is 43.4 Å².